The second-order valence-corrected chi connectivity index (χ2v) is 4.62. The topological polar surface area (TPSA) is 39.1 Å². The molecule has 1 aromatic rings. The van der Waals surface area contributed by atoms with E-state index in [9.17, 15) is 0 Å². The van der Waals surface area contributed by atoms with Gasteiger partial charge in [0.15, 0.2) is 0 Å². The lowest BCUT2D eigenvalue weighted by molar-refractivity contribution is -0.0268. The maximum Gasteiger partial charge on any atom is 0.0803 e. The molecule has 1 heterocycles. The molecule has 0 amide bonds. The van der Waals surface area contributed by atoms with Gasteiger partial charge in [-0.2, -0.15) is 5.10 Å². The Balaban J connectivity index is 2.75. The van der Waals surface area contributed by atoms with Gasteiger partial charge in [0.25, 0.3) is 0 Å². The molecule has 0 radical (unpaired) electrons. The average molecular weight is 239 g/mol. The molecule has 1 rings (SSSR count). The maximum atomic E-state index is 5.66. The summed E-state index contributed by atoms with van der Waals surface area (Å²) in [5.41, 5.74) is 1.12. The minimum absolute atomic E-state index is 0.136. The van der Waals surface area contributed by atoms with E-state index in [4.69, 9.17) is 4.74 Å². The third kappa shape index (κ3) is 3.30. The molecule has 0 aliphatic rings. The third-order valence-corrected chi connectivity index (χ3v) is 3.70. The minimum Gasteiger partial charge on any atom is -0.377 e. The van der Waals surface area contributed by atoms with Crippen LogP contribution in [0.2, 0.25) is 0 Å². The summed E-state index contributed by atoms with van der Waals surface area (Å²) in [4.78, 5) is 0. The Labute approximate surface area is 104 Å². The third-order valence-electron chi connectivity index (χ3n) is 3.70. The molecular weight excluding hydrogens is 214 g/mol. The Hall–Kier alpha value is -0.870. The van der Waals surface area contributed by atoms with Crippen LogP contribution in [-0.4, -0.2) is 35.6 Å². The molecule has 1 aromatic heterocycles. The summed E-state index contributed by atoms with van der Waals surface area (Å²) in [5, 5.41) is 7.66. The Kier molecular flexibility index (Phi) is 5.15. The van der Waals surface area contributed by atoms with E-state index in [1.165, 1.54) is 5.56 Å². The number of nitrogens with zero attached hydrogens (tertiary/aromatic N) is 2. The monoisotopic (exact) mass is 239 g/mol. The highest BCUT2D eigenvalue weighted by Gasteiger charge is 2.31. The Morgan fingerprint density at radius 1 is 1.53 bits per heavy atom. The van der Waals surface area contributed by atoms with Crippen LogP contribution in [0.1, 0.15) is 32.8 Å². The summed E-state index contributed by atoms with van der Waals surface area (Å²) < 4.78 is 7.61. The van der Waals surface area contributed by atoms with Crippen molar-refractivity contribution in [3.63, 3.8) is 0 Å². The average Bonchev–Trinajstić information content (AvgIpc) is 2.82. The maximum absolute atomic E-state index is 5.66. The normalized spacial score (nSPS) is 16.8. The summed E-state index contributed by atoms with van der Waals surface area (Å²) in [6, 6.07) is 0.298. The smallest absolute Gasteiger partial charge is 0.0803 e. The van der Waals surface area contributed by atoms with Crippen molar-refractivity contribution < 1.29 is 4.74 Å². The highest BCUT2D eigenvalue weighted by Crippen LogP contribution is 2.22. The first kappa shape index (κ1) is 14.2. The molecule has 0 saturated heterocycles. The van der Waals surface area contributed by atoms with Crippen molar-refractivity contribution in [2.24, 2.45) is 0 Å². The lowest BCUT2D eigenvalue weighted by Gasteiger charge is -2.35. The fourth-order valence-electron chi connectivity index (χ4n) is 2.08. The van der Waals surface area contributed by atoms with E-state index in [0.29, 0.717) is 6.04 Å². The van der Waals surface area contributed by atoms with Gasteiger partial charge in [0, 0.05) is 25.9 Å². The zero-order valence-electron chi connectivity index (χ0n) is 11.7. The molecule has 0 aliphatic carbocycles. The zero-order chi connectivity index (χ0) is 12.9. The number of aromatic nitrogens is 2. The molecule has 0 bridgehead atoms. The first-order valence-electron chi connectivity index (χ1n) is 6.33. The van der Waals surface area contributed by atoms with Gasteiger partial charge in [0.2, 0.25) is 0 Å². The van der Waals surface area contributed by atoms with Crippen molar-refractivity contribution in [1.29, 1.82) is 0 Å². The van der Waals surface area contributed by atoms with Crippen molar-refractivity contribution in [1.82, 2.24) is 15.1 Å². The van der Waals surface area contributed by atoms with Crippen LogP contribution in [0, 0.1) is 0 Å². The molecule has 4 nitrogen and oxygen atoms in total. The lowest BCUT2D eigenvalue weighted by Crippen LogP contribution is -2.49. The number of rotatable bonds is 7. The van der Waals surface area contributed by atoms with Crippen LogP contribution in [-0.2, 0) is 17.7 Å². The summed E-state index contributed by atoms with van der Waals surface area (Å²) in [5.74, 6) is 0. The van der Waals surface area contributed by atoms with Gasteiger partial charge in [-0.3, -0.25) is 4.68 Å². The van der Waals surface area contributed by atoms with E-state index >= 15 is 0 Å². The van der Waals surface area contributed by atoms with Crippen LogP contribution < -0.4 is 5.32 Å². The summed E-state index contributed by atoms with van der Waals surface area (Å²) >= 11 is 0. The number of aryl methyl sites for hydroxylation is 1. The Morgan fingerprint density at radius 3 is 2.65 bits per heavy atom. The summed E-state index contributed by atoms with van der Waals surface area (Å²) in [6.45, 7) is 7.32. The largest absolute Gasteiger partial charge is 0.377 e. The van der Waals surface area contributed by atoms with Crippen LogP contribution in [0.25, 0.3) is 0 Å². The van der Waals surface area contributed by atoms with Crippen LogP contribution in [0.15, 0.2) is 12.4 Å². The van der Waals surface area contributed by atoms with Gasteiger partial charge in [-0.05, 0) is 39.3 Å². The van der Waals surface area contributed by atoms with Crippen molar-refractivity contribution in [3.8, 4) is 0 Å². The number of nitrogens with one attached hydrogen (secondary N) is 1. The molecule has 0 aliphatic heterocycles. The van der Waals surface area contributed by atoms with E-state index in [0.717, 1.165) is 19.4 Å². The molecule has 2 unspecified atom stereocenters. The highest BCUT2D eigenvalue weighted by molar-refractivity contribution is 5.08. The number of hydrogen-bond donors (Lipinski definition) is 1. The van der Waals surface area contributed by atoms with E-state index in [-0.39, 0.29) is 5.60 Å². The Bertz CT molecular complexity index is 331. The molecule has 2 atom stereocenters. The number of methoxy groups -OCH3 is 1. The molecular formula is C13H25N3O. The second kappa shape index (κ2) is 6.17. The lowest BCUT2D eigenvalue weighted by atomic mass is 9.89. The molecule has 1 N–H and O–H groups in total. The quantitative estimate of drug-likeness (QED) is 0.789. The Morgan fingerprint density at radius 2 is 2.24 bits per heavy atom. The zero-order valence-corrected chi connectivity index (χ0v) is 11.7. The molecule has 0 saturated carbocycles. The van der Waals surface area contributed by atoms with Crippen molar-refractivity contribution in [2.75, 3.05) is 14.2 Å². The summed E-state index contributed by atoms with van der Waals surface area (Å²) in [6.07, 6.45) is 5.97. The number of likely N-dealkylation sites (N-methyl/N-ethyl adjacent to an activating group) is 1. The van der Waals surface area contributed by atoms with Gasteiger partial charge in [0.1, 0.15) is 0 Å². The first-order chi connectivity index (χ1) is 8.09. The fraction of sp³-hybridized carbons (Fsp3) is 0.769. The highest BCUT2D eigenvalue weighted by atomic mass is 16.5. The van der Waals surface area contributed by atoms with Gasteiger partial charge in [0.05, 0.1) is 11.8 Å². The van der Waals surface area contributed by atoms with Gasteiger partial charge >= 0.3 is 0 Å². The summed E-state index contributed by atoms with van der Waals surface area (Å²) in [7, 11) is 3.77. The van der Waals surface area contributed by atoms with Crippen LogP contribution in [0.5, 0.6) is 0 Å². The molecule has 4 heteroatoms. The van der Waals surface area contributed by atoms with Gasteiger partial charge in [-0.15, -0.1) is 0 Å². The fourth-order valence-corrected chi connectivity index (χ4v) is 2.08. The molecule has 98 valence electrons. The molecule has 17 heavy (non-hydrogen) atoms. The predicted molar refractivity (Wildman–Crippen MR) is 70.2 cm³/mol. The van der Waals surface area contributed by atoms with Crippen LogP contribution in [0.4, 0.5) is 0 Å². The standard InChI is InChI=1S/C13H25N3O/c1-6-13(3,17-5)12(14-4)8-11-9-15-16(7-2)10-11/h9-10,12,14H,6-8H2,1-5H3. The van der Waals surface area contributed by atoms with Crippen LogP contribution >= 0.6 is 0 Å². The van der Waals surface area contributed by atoms with E-state index in [2.05, 4.69) is 37.4 Å². The molecule has 0 fully saturated rings. The van der Waals surface area contributed by atoms with Crippen LogP contribution in [0.3, 0.4) is 0 Å². The predicted octanol–water partition coefficient (Wildman–Crippen LogP) is 1.85. The van der Waals surface area contributed by atoms with Crippen molar-refractivity contribution in [3.05, 3.63) is 18.0 Å². The minimum atomic E-state index is -0.136. The van der Waals surface area contributed by atoms with E-state index < -0.39 is 0 Å². The van der Waals surface area contributed by atoms with Gasteiger partial charge < -0.3 is 10.1 Å². The number of ether oxygens (including phenoxy) is 1. The van der Waals surface area contributed by atoms with Gasteiger partial charge in [-0.1, -0.05) is 6.92 Å². The van der Waals surface area contributed by atoms with Gasteiger partial charge in [-0.25, -0.2) is 0 Å². The SMILES string of the molecule is CCn1cc(CC(NC)C(C)(CC)OC)cn1. The number of hydrogen-bond acceptors (Lipinski definition) is 3. The second-order valence-electron chi connectivity index (χ2n) is 4.62. The van der Waals surface area contributed by atoms with Crippen molar-refractivity contribution >= 4 is 0 Å². The molecule has 0 spiro atoms. The van der Waals surface area contributed by atoms with Crippen molar-refractivity contribution in [2.45, 2.75) is 51.8 Å². The van der Waals surface area contributed by atoms with E-state index in [1.807, 2.05) is 17.9 Å². The van der Waals surface area contributed by atoms with E-state index in [1.54, 1.807) is 7.11 Å². The molecule has 0 aromatic carbocycles. The first-order valence-corrected chi connectivity index (χ1v) is 6.33.